The maximum atomic E-state index is 13.0. The van der Waals surface area contributed by atoms with Crippen LogP contribution >= 0.6 is 0 Å². The highest BCUT2D eigenvalue weighted by Gasteiger charge is 2.19. The van der Waals surface area contributed by atoms with E-state index in [1.807, 2.05) is 0 Å². The Morgan fingerprint density at radius 2 is 0.470 bits per heavy atom. The number of esters is 3. The number of hydrogen-bond donors (Lipinski definition) is 0. The number of carbonyl (C=O) groups is 3. The molecule has 0 saturated carbocycles. The maximum absolute atomic E-state index is 13.0. The standard InChI is InChI=1S/C77H136O6/c1-4-7-10-13-16-19-22-25-28-30-32-34-36-37-38-39-41-42-44-46-49-52-55-58-61-64-67-70-76(79)82-73-74(72-81-75(78)69-66-63-60-57-54-51-48-27-24-21-18-15-12-9-6-3)83-77(80)71-68-65-62-59-56-53-50-47-45-43-40-35-33-31-29-26-23-20-17-14-11-8-5-2/h7,10,16,19,23,25-28,31-34,48,74H,4-6,8-9,11-15,17-18,20-22,24,29-30,35-47,49-73H2,1-3H3/b10-7-,19-16-,26-23-,28-25-,33-31-,34-32-,48-27-. The van der Waals surface area contributed by atoms with Crippen molar-refractivity contribution in [2.24, 2.45) is 0 Å². The summed E-state index contributed by atoms with van der Waals surface area (Å²) in [4.78, 5) is 38.5. The van der Waals surface area contributed by atoms with Crippen LogP contribution in [-0.4, -0.2) is 37.2 Å². The van der Waals surface area contributed by atoms with Crippen molar-refractivity contribution in [3.05, 3.63) is 85.1 Å². The lowest BCUT2D eigenvalue weighted by Gasteiger charge is -2.18. The van der Waals surface area contributed by atoms with Gasteiger partial charge in [-0.2, -0.15) is 0 Å². The first kappa shape index (κ1) is 79.6. The molecule has 0 aliphatic heterocycles. The predicted molar refractivity (Wildman–Crippen MR) is 362 cm³/mol. The number of rotatable bonds is 66. The first-order valence-electron chi connectivity index (χ1n) is 36.1. The lowest BCUT2D eigenvalue weighted by atomic mass is 10.0. The highest BCUT2D eigenvalue weighted by molar-refractivity contribution is 5.71. The van der Waals surface area contributed by atoms with E-state index in [1.54, 1.807) is 0 Å². The van der Waals surface area contributed by atoms with Crippen LogP contribution in [0.1, 0.15) is 367 Å². The summed E-state index contributed by atoms with van der Waals surface area (Å²) >= 11 is 0. The molecule has 0 spiro atoms. The van der Waals surface area contributed by atoms with Crippen molar-refractivity contribution in [1.29, 1.82) is 0 Å². The predicted octanol–water partition coefficient (Wildman–Crippen LogP) is 25.0. The molecule has 0 N–H and O–H groups in total. The minimum Gasteiger partial charge on any atom is -0.462 e. The van der Waals surface area contributed by atoms with Crippen LogP contribution in [0.15, 0.2) is 85.1 Å². The second-order valence-electron chi connectivity index (χ2n) is 24.1. The van der Waals surface area contributed by atoms with Crippen LogP contribution in [0.25, 0.3) is 0 Å². The van der Waals surface area contributed by atoms with Crippen LogP contribution in [0.2, 0.25) is 0 Å². The minimum absolute atomic E-state index is 0.0772. The molecule has 0 fully saturated rings. The van der Waals surface area contributed by atoms with Gasteiger partial charge in [0.2, 0.25) is 0 Å². The zero-order valence-electron chi connectivity index (χ0n) is 55.2. The average molecular weight is 1160 g/mol. The zero-order chi connectivity index (χ0) is 59.9. The third-order valence-electron chi connectivity index (χ3n) is 15.9. The zero-order valence-corrected chi connectivity index (χ0v) is 55.2. The van der Waals surface area contributed by atoms with Crippen LogP contribution in [0.3, 0.4) is 0 Å². The van der Waals surface area contributed by atoms with Crippen LogP contribution in [0.5, 0.6) is 0 Å². The highest BCUT2D eigenvalue weighted by Crippen LogP contribution is 2.17. The van der Waals surface area contributed by atoms with Gasteiger partial charge < -0.3 is 14.2 Å². The van der Waals surface area contributed by atoms with E-state index in [9.17, 15) is 14.4 Å². The SMILES string of the molecule is CC/C=C\C/C=C\C/C=C\C/C=C\CCCCCCCCCCCCCCCCC(=O)OCC(COC(=O)CCCCCCC/C=C\CCCCCCCC)OC(=O)CCCCCCCCCCCCC/C=C\C/C=C\CCCCCCC. The molecule has 480 valence electrons. The van der Waals surface area contributed by atoms with Crippen molar-refractivity contribution in [2.45, 2.75) is 374 Å². The number of carbonyl (C=O) groups excluding carboxylic acids is 3. The fourth-order valence-corrected chi connectivity index (χ4v) is 10.5. The largest absolute Gasteiger partial charge is 0.462 e. The van der Waals surface area contributed by atoms with E-state index in [0.717, 1.165) is 96.3 Å². The van der Waals surface area contributed by atoms with E-state index in [-0.39, 0.29) is 31.1 Å². The molecular formula is C77H136O6. The molecule has 0 amide bonds. The summed E-state index contributed by atoms with van der Waals surface area (Å²) in [5.74, 6) is -0.868. The molecule has 0 aromatic carbocycles. The van der Waals surface area contributed by atoms with Gasteiger partial charge in [-0.1, -0.05) is 318 Å². The number of ether oxygens (including phenoxy) is 3. The molecular weight excluding hydrogens is 1020 g/mol. The number of allylic oxidation sites excluding steroid dienone is 14. The van der Waals surface area contributed by atoms with Crippen molar-refractivity contribution in [1.82, 2.24) is 0 Å². The lowest BCUT2D eigenvalue weighted by Crippen LogP contribution is -2.30. The van der Waals surface area contributed by atoms with Crippen LogP contribution < -0.4 is 0 Å². The fourth-order valence-electron chi connectivity index (χ4n) is 10.5. The fraction of sp³-hybridized carbons (Fsp3) is 0.779. The molecule has 0 saturated heterocycles. The van der Waals surface area contributed by atoms with Crippen LogP contribution in [-0.2, 0) is 28.6 Å². The summed E-state index contributed by atoms with van der Waals surface area (Å²) in [6.07, 6.45) is 94.6. The molecule has 6 nitrogen and oxygen atoms in total. The van der Waals surface area contributed by atoms with E-state index in [2.05, 4.69) is 106 Å². The van der Waals surface area contributed by atoms with Gasteiger partial charge in [0, 0.05) is 19.3 Å². The molecule has 0 aromatic heterocycles. The van der Waals surface area contributed by atoms with Gasteiger partial charge in [-0.15, -0.1) is 0 Å². The van der Waals surface area contributed by atoms with E-state index in [0.29, 0.717) is 19.3 Å². The van der Waals surface area contributed by atoms with Crippen molar-refractivity contribution in [2.75, 3.05) is 13.2 Å². The Labute approximate surface area is 515 Å². The molecule has 0 aliphatic rings. The Bertz CT molecular complexity index is 1570. The normalized spacial score (nSPS) is 12.6. The molecule has 0 aliphatic carbocycles. The van der Waals surface area contributed by atoms with E-state index in [4.69, 9.17) is 14.2 Å². The van der Waals surface area contributed by atoms with Gasteiger partial charge in [0.1, 0.15) is 13.2 Å². The molecule has 0 heterocycles. The molecule has 0 bridgehead atoms. The summed E-state index contributed by atoms with van der Waals surface area (Å²) < 4.78 is 17.0. The second-order valence-corrected chi connectivity index (χ2v) is 24.1. The average Bonchev–Trinajstić information content (AvgIpc) is 3.49. The Morgan fingerprint density at radius 1 is 0.253 bits per heavy atom. The topological polar surface area (TPSA) is 78.9 Å². The van der Waals surface area contributed by atoms with Gasteiger partial charge in [0.15, 0.2) is 6.10 Å². The summed E-state index contributed by atoms with van der Waals surface area (Å²) in [5, 5.41) is 0. The maximum Gasteiger partial charge on any atom is 0.306 e. The summed E-state index contributed by atoms with van der Waals surface area (Å²) in [5.41, 5.74) is 0. The first-order valence-corrected chi connectivity index (χ1v) is 36.1. The van der Waals surface area contributed by atoms with E-state index in [1.165, 1.54) is 231 Å². The lowest BCUT2D eigenvalue weighted by molar-refractivity contribution is -0.167. The van der Waals surface area contributed by atoms with Gasteiger partial charge in [0.05, 0.1) is 0 Å². The van der Waals surface area contributed by atoms with Gasteiger partial charge in [0.25, 0.3) is 0 Å². The Morgan fingerprint density at radius 3 is 0.747 bits per heavy atom. The van der Waals surface area contributed by atoms with Crippen molar-refractivity contribution in [3.8, 4) is 0 Å². The number of unbranched alkanes of at least 4 members (excludes halogenated alkanes) is 41. The van der Waals surface area contributed by atoms with Crippen LogP contribution in [0, 0.1) is 0 Å². The Balaban J connectivity index is 4.30. The second kappa shape index (κ2) is 71.1. The quantitative estimate of drug-likeness (QED) is 0.0261. The van der Waals surface area contributed by atoms with Crippen molar-refractivity contribution in [3.63, 3.8) is 0 Å². The third kappa shape index (κ3) is 69.3. The van der Waals surface area contributed by atoms with Crippen LogP contribution in [0.4, 0.5) is 0 Å². The Kier molecular flexibility index (Phi) is 68.2. The molecule has 0 rings (SSSR count). The number of hydrogen-bond acceptors (Lipinski definition) is 6. The smallest absolute Gasteiger partial charge is 0.306 e. The van der Waals surface area contributed by atoms with Gasteiger partial charge >= 0.3 is 17.9 Å². The molecule has 1 atom stereocenters. The van der Waals surface area contributed by atoms with Gasteiger partial charge in [-0.25, -0.2) is 0 Å². The Hall–Kier alpha value is -3.41. The molecule has 1 unspecified atom stereocenters. The van der Waals surface area contributed by atoms with E-state index < -0.39 is 6.10 Å². The van der Waals surface area contributed by atoms with Crippen molar-refractivity contribution < 1.29 is 28.6 Å². The minimum atomic E-state index is -0.782. The molecule has 0 aromatic rings. The molecule has 83 heavy (non-hydrogen) atoms. The summed E-state index contributed by atoms with van der Waals surface area (Å²) in [7, 11) is 0. The van der Waals surface area contributed by atoms with Crippen molar-refractivity contribution >= 4 is 17.9 Å². The highest BCUT2D eigenvalue weighted by atomic mass is 16.6. The first-order chi connectivity index (χ1) is 41.0. The third-order valence-corrected chi connectivity index (χ3v) is 15.9. The molecule has 0 radical (unpaired) electrons. The summed E-state index contributed by atoms with van der Waals surface area (Å²) in [6, 6.07) is 0. The summed E-state index contributed by atoms with van der Waals surface area (Å²) in [6.45, 7) is 6.56. The van der Waals surface area contributed by atoms with E-state index >= 15 is 0 Å². The van der Waals surface area contributed by atoms with Gasteiger partial charge in [-0.3, -0.25) is 14.4 Å². The molecule has 6 heteroatoms. The monoisotopic (exact) mass is 1160 g/mol. The van der Waals surface area contributed by atoms with Gasteiger partial charge in [-0.05, 0) is 116 Å².